The average Bonchev–Trinajstić information content (AvgIpc) is 2.79. The first-order valence-electron chi connectivity index (χ1n) is 6.79. The summed E-state index contributed by atoms with van der Waals surface area (Å²) in [6, 6.07) is 1.94. The molecule has 0 aromatic carbocycles. The van der Waals surface area contributed by atoms with Gasteiger partial charge in [-0.1, -0.05) is 6.92 Å². The minimum Gasteiger partial charge on any atom is -0.465 e. The fraction of sp³-hybridized carbons (Fsp3) is 0.692. The third-order valence-electron chi connectivity index (χ3n) is 3.66. The molecule has 0 amide bonds. The van der Waals surface area contributed by atoms with Gasteiger partial charge in [-0.05, 0) is 13.0 Å². The van der Waals surface area contributed by atoms with Crippen LogP contribution in [0, 0.1) is 6.92 Å². The summed E-state index contributed by atoms with van der Waals surface area (Å²) in [7, 11) is -3.06. The molecule has 20 heavy (non-hydrogen) atoms. The van der Waals surface area contributed by atoms with Gasteiger partial charge in [0.1, 0.15) is 16.9 Å². The van der Waals surface area contributed by atoms with Crippen LogP contribution in [0.3, 0.4) is 0 Å². The Labute approximate surface area is 124 Å². The number of hydrogen-bond donors (Lipinski definition) is 1. The van der Waals surface area contributed by atoms with E-state index < -0.39 is 15.2 Å². The number of hydrogen-bond acceptors (Lipinski definition) is 6. The summed E-state index contributed by atoms with van der Waals surface area (Å²) in [5, 5.41) is -0.405. The first kappa shape index (κ1) is 15.9. The highest BCUT2D eigenvalue weighted by molar-refractivity contribution is 8.01. The molecule has 1 aliphatic rings. The van der Waals surface area contributed by atoms with Crippen molar-refractivity contribution < 1.29 is 12.8 Å². The van der Waals surface area contributed by atoms with Gasteiger partial charge in [-0.15, -0.1) is 0 Å². The van der Waals surface area contributed by atoms with Gasteiger partial charge in [0.25, 0.3) is 0 Å². The molecule has 2 heterocycles. The number of nitrogens with two attached hydrogens (primary N) is 1. The smallest absolute Gasteiger partial charge is 0.166 e. The number of thioether (sulfide) groups is 1. The molecule has 7 heteroatoms. The second-order valence-electron chi connectivity index (χ2n) is 4.95. The molecule has 1 aliphatic heterocycles. The van der Waals surface area contributed by atoms with E-state index in [0.29, 0.717) is 18.8 Å². The van der Waals surface area contributed by atoms with Gasteiger partial charge in [-0.3, -0.25) is 4.90 Å². The highest BCUT2D eigenvalue weighted by Crippen LogP contribution is 2.24. The van der Waals surface area contributed by atoms with Gasteiger partial charge in [0.05, 0.1) is 6.54 Å². The minimum atomic E-state index is -3.06. The Kier molecular flexibility index (Phi) is 5.17. The Morgan fingerprint density at radius 3 is 2.90 bits per heavy atom. The molecule has 1 saturated heterocycles. The van der Waals surface area contributed by atoms with Crippen molar-refractivity contribution in [2.24, 2.45) is 5.73 Å². The third-order valence-corrected chi connectivity index (χ3v) is 6.99. The molecular formula is C13H22N2O3S2. The highest BCUT2D eigenvalue weighted by Gasteiger charge is 2.33. The Balaban J connectivity index is 2.16. The first-order valence-corrected chi connectivity index (χ1v) is 9.66. The average molecular weight is 318 g/mol. The summed E-state index contributed by atoms with van der Waals surface area (Å²) in [6.07, 6.45) is 0. The molecule has 2 rings (SSSR count). The maximum atomic E-state index is 12.2. The normalized spacial score (nSPS) is 21.2. The molecule has 1 atom stereocenters. The predicted molar refractivity (Wildman–Crippen MR) is 82.3 cm³/mol. The maximum Gasteiger partial charge on any atom is 0.166 e. The predicted octanol–water partition coefficient (Wildman–Crippen LogP) is 1.36. The van der Waals surface area contributed by atoms with E-state index in [-0.39, 0.29) is 5.75 Å². The van der Waals surface area contributed by atoms with Crippen LogP contribution >= 0.6 is 11.8 Å². The fourth-order valence-corrected chi connectivity index (χ4v) is 5.47. The quantitative estimate of drug-likeness (QED) is 0.883. The minimum absolute atomic E-state index is 0.181. The van der Waals surface area contributed by atoms with E-state index in [9.17, 15) is 8.42 Å². The number of rotatable bonds is 5. The molecule has 1 fully saturated rings. The number of nitrogens with zero attached hydrogens (tertiary/aromatic N) is 1. The van der Waals surface area contributed by atoms with Gasteiger partial charge in [-0.2, -0.15) is 11.8 Å². The molecule has 0 saturated carbocycles. The number of furan rings is 1. The Bertz CT molecular complexity index is 554. The van der Waals surface area contributed by atoms with Gasteiger partial charge < -0.3 is 10.2 Å². The van der Waals surface area contributed by atoms with Crippen LogP contribution in [0.1, 0.15) is 24.0 Å². The van der Waals surface area contributed by atoms with Crippen LogP contribution in [0.5, 0.6) is 0 Å². The van der Waals surface area contributed by atoms with Crippen molar-refractivity contribution in [2.45, 2.75) is 32.3 Å². The van der Waals surface area contributed by atoms with Gasteiger partial charge >= 0.3 is 0 Å². The Morgan fingerprint density at radius 2 is 2.30 bits per heavy atom. The van der Waals surface area contributed by atoms with Crippen molar-refractivity contribution in [3.8, 4) is 0 Å². The largest absolute Gasteiger partial charge is 0.465 e. The molecular weight excluding hydrogens is 296 g/mol. The molecule has 2 N–H and O–H groups in total. The van der Waals surface area contributed by atoms with Gasteiger partial charge in [-0.25, -0.2) is 8.42 Å². The fourth-order valence-electron chi connectivity index (χ4n) is 2.39. The molecule has 0 spiro atoms. The van der Waals surface area contributed by atoms with E-state index in [2.05, 4.69) is 0 Å². The van der Waals surface area contributed by atoms with Gasteiger partial charge in [0, 0.05) is 35.9 Å². The summed E-state index contributed by atoms with van der Waals surface area (Å²) in [5.41, 5.74) is 6.63. The van der Waals surface area contributed by atoms with Crippen molar-refractivity contribution in [1.82, 2.24) is 4.90 Å². The Morgan fingerprint density at radius 1 is 1.55 bits per heavy atom. The molecule has 0 aliphatic carbocycles. The lowest BCUT2D eigenvalue weighted by Gasteiger charge is -2.33. The maximum absolute atomic E-state index is 12.2. The zero-order valence-corrected chi connectivity index (χ0v) is 13.6. The lowest BCUT2D eigenvalue weighted by atomic mass is 10.2. The third kappa shape index (κ3) is 3.39. The zero-order valence-electron chi connectivity index (χ0n) is 12.0. The van der Waals surface area contributed by atoms with Crippen molar-refractivity contribution in [3.63, 3.8) is 0 Å². The van der Waals surface area contributed by atoms with E-state index in [1.165, 1.54) is 0 Å². The van der Waals surface area contributed by atoms with Crippen molar-refractivity contribution in [1.29, 1.82) is 0 Å². The van der Waals surface area contributed by atoms with Crippen LogP contribution in [-0.2, 0) is 22.9 Å². The zero-order chi connectivity index (χ0) is 14.8. The van der Waals surface area contributed by atoms with Gasteiger partial charge in [0.2, 0.25) is 0 Å². The summed E-state index contributed by atoms with van der Waals surface area (Å²) < 4.78 is 30.0. The molecule has 0 radical (unpaired) electrons. The van der Waals surface area contributed by atoms with E-state index in [1.807, 2.05) is 17.9 Å². The molecule has 1 aromatic heterocycles. The van der Waals surface area contributed by atoms with Crippen molar-refractivity contribution in [3.05, 3.63) is 23.2 Å². The Hall–Kier alpha value is -0.500. The van der Waals surface area contributed by atoms with E-state index in [1.54, 1.807) is 18.7 Å². The highest BCUT2D eigenvalue weighted by atomic mass is 32.2. The topological polar surface area (TPSA) is 76.5 Å². The van der Waals surface area contributed by atoms with E-state index in [0.717, 1.165) is 29.4 Å². The van der Waals surface area contributed by atoms with E-state index >= 15 is 0 Å². The van der Waals surface area contributed by atoms with Crippen LogP contribution in [0.15, 0.2) is 10.5 Å². The summed E-state index contributed by atoms with van der Waals surface area (Å²) in [5.74, 6) is 3.40. The monoisotopic (exact) mass is 318 g/mol. The standard InChI is InChI=1S/C13H22N2O3S2/c1-3-20(16,17)13-9-19-5-4-15(13)8-12-6-11(7-14)10(2)18-12/h6,13H,3-5,7-9,14H2,1-2H3. The summed E-state index contributed by atoms with van der Waals surface area (Å²) >= 11 is 1.70. The van der Waals surface area contributed by atoms with Crippen LogP contribution < -0.4 is 5.73 Å². The SMILES string of the molecule is CCS(=O)(=O)C1CSCCN1Cc1cc(CN)c(C)o1. The van der Waals surface area contributed by atoms with Crippen LogP contribution in [0.25, 0.3) is 0 Å². The lowest BCUT2D eigenvalue weighted by Crippen LogP contribution is -2.47. The number of aryl methyl sites for hydroxylation is 1. The lowest BCUT2D eigenvalue weighted by molar-refractivity contribution is 0.238. The molecule has 0 bridgehead atoms. The van der Waals surface area contributed by atoms with Crippen LogP contribution in [-0.4, -0.2) is 42.5 Å². The summed E-state index contributed by atoms with van der Waals surface area (Å²) in [6.45, 7) is 5.34. The molecule has 1 unspecified atom stereocenters. The second-order valence-corrected chi connectivity index (χ2v) is 8.55. The second kappa shape index (κ2) is 6.51. The van der Waals surface area contributed by atoms with Crippen molar-refractivity contribution >= 4 is 21.6 Å². The molecule has 5 nitrogen and oxygen atoms in total. The van der Waals surface area contributed by atoms with Crippen LogP contribution in [0.2, 0.25) is 0 Å². The first-order chi connectivity index (χ1) is 9.47. The van der Waals surface area contributed by atoms with E-state index in [4.69, 9.17) is 10.2 Å². The summed E-state index contributed by atoms with van der Waals surface area (Å²) in [4.78, 5) is 2.01. The molecule has 1 aromatic rings. The van der Waals surface area contributed by atoms with Crippen LogP contribution in [0.4, 0.5) is 0 Å². The number of sulfone groups is 1. The van der Waals surface area contributed by atoms with Gasteiger partial charge in [0.15, 0.2) is 9.84 Å². The molecule has 114 valence electrons. The van der Waals surface area contributed by atoms with Crippen molar-refractivity contribution in [2.75, 3.05) is 23.8 Å².